The summed E-state index contributed by atoms with van der Waals surface area (Å²) < 4.78 is 1.83. The zero-order valence-corrected chi connectivity index (χ0v) is 11.9. The zero-order chi connectivity index (χ0) is 15.1. The smallest absolute Gasteiger partial charge is 0.304 e. The molecule has 0 spiro atoms. The van der Waals surface area contributed by atoms with Gasteiger partial charge in [0.05, 0.1) is 23.1 Å². The first-order valence-corrected chi connectivity index (χ1v) is 6.90. The van der Waals surface area contributed by atoms with Crippen molar-refractivity contribution >= 4 is 11.2 Å². The molecular formula is C16H13N5O. The first-order chi connectivity index (χ1) is 10.7. The SMILES string of the molecule is Cc1cnn(-c2ccc(-c3ccc4[nH]c(=O)[nH]c4n3)cc2)c1. The molecule has 0 saturated heterocycles. The molecule has 0 fully saturated rings. The van der Waals surface area contributed by atoms with Gasteiger partial charge in [-0.3, -0.25) is 4.98 Å². The highest BCUT2D eigenvalue weighted by Gasteiger charge is 2.05. The van der Waals surface area contributed by atoms with Crippen molar-refractivity contribution in [2.75, 3.05) is 0 Å². The number of hydrogen-bond acceptors (Lipinski definition) is 3. The van der Waals surface area contributed by atoms with Gasteiger partial charge in [0.25, 0.3) is 0 Å². The minimum absolute atomic E-state index is 0.246. The second kappa shape index (κ2) is 4.70. The Bertz CT molecular complexity index is 1010. The number of nitrogens with one attached hydrogen (secondary N) is 2. The van der Waals surface area contributed by atoms with Gasteiger partial charge in [0.2, 0.25) is 0 Å². The highest BCUT2D eigenvalue weighted by atomic mass is 16.1. The minimum atomic E-state index is -0.246. The van der Waals surface area contributed by atoms with Crippen molar-refractivity contribution in [2.24, 2.45) is 0 Å². The molecule has 0 amide bonds. The molecule has 0 unspecified atom stereocenters. The van der Waals surface area contributed by atoms with Crippen LogP contribution in [0, 0.1) is 6.92 Å². The number of aromatic amines is 2. The number of pyridine rings is 1. The molecule has 3 heterocycles. The molecule has 4 aromatic rings. The lowest BCUT2D eigenvalue weighted by molar-refractivity contribution is 0.880. The number of H-pyrrole nitrogens is 2. The number of aryl methyl sites for hydroxylation is 1. The Kier molecular flexibility index (Phi) is 2.69. The number of rotatable bonds is 2. The summed E-state index contributed by atoms with van der Waals surface area (Å²) in [6.45, 7) is 2.01. The lowest BCUT2D eigenvalue weighted by Crippen LogP contribution is -1.99. The molecular weight excluding hydrogens is 278 g/mol. The second-order valence-corrected chi connectivity index (χ2v) is 5.18. The van der Waals surface area contributed by atoms with E-state index in [4.69, 9.17) is 0 Å². The first kappa shape index (κ1) is 12.6. The maximum Gasteiger partial charge on any atom is 0.325 e. The minimum Gasteiger partial charge on any atom is -0.304 e. The lowest BCUT2D eigenvalue weighted by atomic mass is 10.1. The maximum absolute atomic E-state index is 11.3. The Morgan fingerprint density at radius 3 is 2.59 bits per heavy atom. The fourth-order valence-electron chi connectivity index (χ4n) is 2.42. The van der Waals surface area contributed by atoms with Crippen molar-refractivity contribution in [1.29, 1.82) is 0 Å². The van der Waals surface area contributed by atoms with Crippen LogP contribution in [0.2, 0.25) is 0 Å². The van der Waals surface area contributed by atoms with E-state index < -0.39 is 0 Å². The first-order valence-electron chi connectivity index (χ1n) is 6.90. The fourth-order valence-corrected chi connectivity index (χ4v) is 2.42. The molecule has 6 nitrogen and oxygen atoms in total. The summed E-state index contributed by atoms with van der Waals surface area (Å²) in [4.78, 5) is 21.1. The average Bonchev–Trinajstić information content (AvgIpc) is 3.11. The lowest BCUT2D eigenvalue weighted by Gasteiger charge is -2.04. The zero-order valence-electron chi connectivity index (χ0n) is 11.9. The van der Waals surface area contributed by atoms with Crippen LogP contribution < -0.4 is 5.69 Å². The number of fused-ring (bicyclic) bond motifs is 1. The third-order valence-corrected chi connectivity index (χ3v) is 3.51. The summed E-state index contributed by atoms with van der Waals surface area (Å²) >= 11 is 0. The van der Waals surface area contributed by atoms with Crippen molar-refractivity contribution in [3.05, 3.63) is 64.8 Å². The van der Waals surface area contributed by atoms with Crippen molar-refractivity contribution < 1.29 is 0 Å². The van der Waals surface area contributed by atoms with Crippen molar-refractivity contribution in [3.63, 3.8) is 0 Å². The number of hydrogen-bond donors (Lipinski definition) is 2. The molecule has 22 heavy (non-hydrogen) atoms. The molecule has 4 rings (SSSR count). The van der Waals surface area contributed by atoms with Crippen LogP contribution in [-0.2, 0) is 0 Å². The predicted molar refractivity (Wildman–Crippen MR) is 84.0 cm³/mol. The third-order valence-electron chi connectivity index (χ3n) is 3.51. The van der Waals surface area contributed by atoms with Crippen LogP contribution in [-0.4, -0.2) is 24.7 Å². The fraction of sp³-hybridized carbons (Fsp3) is 0.0625. The van der Waals surface area contributed by atoms with E-state index in [1.54, 1.807) is 0 Å². The summed E-state index contributed by atoms with van der Waals surface area (Å²) in [6, 6.07) is 11.7. The Labute approximate surface area is 125 Å². The van der Waals surface area contributed by atoms with E-state index in [1.807, 2.05) is 60.4 Å². The van der Waals surface area contributed by atoms with E-state index in [0.29, 0.717) is 11.2 Å². The van der Waals surface area contributed by atoms with Gasteiger partial charge in [-0.15, -0.1) is 0 Å². The van der Waals surface area contributed by atoms with Crippen LogP contribution in [0.3, 0.4) is 0 Å². The molecule has 0 aliphatic heterocycles. The van der Waals surface area contributed by atoms with Crippen LogP contribution in [0.15, 0.2) is 53.6 Å². The monoisotopic (exact) mass is 291 g/mol. The Morgan fingerprint density at radius 2 is 1.86 bits per heavy atom. The van der Waals surface area contributed by atoms with Gasteiger partial charge in [0.15, 0.2) is 5.65 Å². The van der Waals surface area contributed by atoms with E-state index in [9.17, 15) is 4.79 Å². The van der Waals surface area contributed by atoms with E-state index in [1.165, 1.54) is 0 Å². The largest absolute Gasteiger partial charge is 0.325 e. The Morgan fingerprint density at radius 1 is 1.05 bits per heavy atom. The van der Waals surface area contributed by atoms with Crippen LogP contribution >= 0.6 is 0 Å². The molecule has 6 heteroatoms. The molecule has 1 aromatic carbocycles. The van der Waals surface area contributed by atoms with Crippen LogP contribution in [0.4, 0.5) is 0 Å². The van der Waals surface area contributed by atoms with E-state index >= 15 is 0 Å². The van der Waals surface area contributed by atoms with Crippen molar-refractivity contribution in [2.45, 2.75) is 6.92 Å². The van der Waals surface area contributed by atoms with Gasteiger partial charge in [0, 0.05) is 11.8 Å². The quantitative estimate of drug-likeness (QED) is 0.595. The van der Waals surface area contributed by atoms with Gasteiger partial charge in [-0.05, 0) is 36.8 Å². The molecule has 0 radical (unpaired) electrons. The second-order valence-electron chi connectivity index (χ2n) is 5.18. The molecule has 0 saturated carbocycles. The van der Waals surface area contributed by atoms with Crippen molar-refractivity contribution in [3.8, 4) is 16.9 Å². The molecule has 108 valence electrons. The van der Waals surface area contributed by atoms with E-state index in [2.05, 4.69) is 20.1 Å². The van der Waals surface area contributed by atoms with Gasteiger partial charge in [0.1, 0.15) is 0 Å². The molecule has 0 bridgehead atoms. The van der Waals surface area contributed by atoms with Crippen LogP contribution in [0.5, 0.6) is 0 Å². The van der Waals surface area contributed by atoms with Gasteiger partial charge >= 0.3 is 5.69 Å². The van der Waals surface area contributed by atoms with Crippen molar-refractivity contribution in [1.82, 2.24) is 24.7 Å². The summed E-state index contributed by atoms with van der Waals surface area (Å²) in [5, 5.41) is 4.29. The van der Waals surface area contributed by atoms with Gasteiger partial charge in [-0.1, -0.05) is 12.1 Å². The highest BCUT2D eigenvalue weighted by molar-refractivity contribution is 5.74. The summed E-state index contributed by atoms with van der Waals surface area (Å²) in [5.74, 6) is 0. The van der Waals surface area contributed by atoms with Gasteiger partial charge < -0.3 is 4.98 Å². The van der Waals surface area contributed by atoms with E-state index in [-0.39, 0.29) is 5.69 Å². The maximum atomic E-state index is 11.3. The summed E-state index contributed by atoms with van der Waals surface area (Å²) in [7, 11) is 0. The summed E-state index contributed by atoms with van der Waals surface area (Å²) in [6.07, 6.45) is 3.80. The van der Waals surface area contributed by atoms with E-state index in [0.717, 1.165) is 22.5 Å². The predicted octanol–water partition coefficient (Wildman–Crippen LogP) is 2.41. The number of imidazole rings is 1. The van der Waals surface area contributed by atoms with Crippen LogP contribution in [0.1, 0.15) is 5.56 Å². The van der Waals surface area contributed by atoms with Gasteiger partial charge in [-0.2, -0.15) is 5.10 Å². The summed E-state index contributed by atoms with van der Waals surface area (Å²) in [5.41, 5.74) is 4.93. The molecule has 0 aliphatic rings. The number of aromatic nitrogens is 5. The van der Waals surface area contributed by atoms with Crippen LogP contribution in [0.25, 0.3) is 28.1 Å². The normalized spacial score (nSPS) is 11.1. The molecule has 0 atom stereocenters. The third kappa shape index (κ3) is 2.10. The van der Waals surface area contributed by atoms with Gasteiger partial charge in [-0.25, -0.2) is 14.5 Å². The Hall–Kier alpha value is -3.15. The average molecular weight is 291 g/mol. The Balaban J connectivity index is 1.73. The number of nitrogens with zero attached hydrogens (tertiary/aromatic N) is 3. The molecule has 3 aromatic heterocycles. The highest BCUT2D eigenvalue weighted by Crippen LogP contribution is 2.20. The molecule has 0 aliphatic carbocycles. The standard InChI is InChI=1S/C16H13N5O/c1-10-8-17-21(9-10)12-4-2-11(3-5-12)13-6-7-14-15(18-13)20-16(22)19-14/h2-9H,1H3,(H2,18,19,20,22). The number of benzene rings is 1. The molecule has 2 N–H and O–H groups in total. The topological polar surface area (TPSA) is 79.4 Å².